The molecule has 5 nitrogen and oxygen atoms in total. The first-order valence-electron chi connectivity index (χ1n) is 5.21. The van der Waals surface area contributed by atoms with Gasteiger partial charge in [0.05, 0.1) is 4.92 Å². The topological polar surface area (TPSA) is 81.2 Å². The van der Waals surface area contributed by atoms with E-state index in [9.17, 15) is 10.1 Å². The molecule has 0 radical (unpaired) electrons. The Morgan fingerprint density at radius 3 is 2.44 bits per heavy atom. The van der Waals surface area contributed by atoms with Crippen LogP contribution in [0, 0.1) is 16.0 Å². The number of anilines is 2. The Labute approximate surface area is 94.8 Å². The maximum Gasteiger partial charge on any atom is 0.273 e. The van der Waals surface area contributed by atoms with Crippen LogP contribution in [0.4, 0.5) is 17.1 Å². The summed E-state index contributed by atoms with van der Waals surface area (Å²) in [5, 5.41) is 13.8. The van der Waals surface area contributed by atoms with Crippen molar-refractivity contribution in [3.8, 4) is 0 Å². The molecule has 1 rings (SSSR count). The molecule has 1 aromatic rings. The molecule has 0 aliphatic rings. The van der Waals surface area contributed by atoms with E-state index in [4.69, 9.17) is 5.73 Å². The van der Waals surface area contributed by atoms with Crippen LogP contribution in [0.25, 0.3) is 0 Å². The Bertz CT molecular complexity index is 391. The number of rotatable bonds is 4. The molecule has 0 aromatic heterocycles. The smallest absolute Gasteiger partial charge is 0.273 e. The first-order chi connectivity index (χ1) is 7.40. The molecule has 1 unspecified atom stereocenters. The van der Waals surface area contributed by atoms with Crippen LogP contribution >= 0.6 is 0 Å². The van der Waals surface area contributed by atoms with Crippen molar-refractivity contribution in [3.63, 3.8) is 0 Å². The number of non-ortho nitro benzene ring substituents is 1. The van der Waals surface area contributed by atoms with E-state index in [1.54, 1.807) is 6.07 Å². The van der Waals surface area contributed by atoms with Crippen molar-refractivity contribution in [2.24, 2.45) is 5.92 Å². The average molecular weight is 223 g/mol. The quantitative estimate of drug-likeness (QED) is 0.467. The van der Waals surface area contributed by atoms with Crippen LogP contribution in [0.5, 0.6) is 0 Å². The first-order valence-corrected chi connectivity index (χ1v) is 5.21. The highest BCUT2D eigenvalue weighted by Gasteiger charge is 2.11. The van der Waals surface area contributed by atoms with Gasteiger partial charge < -0.3 is 11.1 Å². The summed E-state index contributed by atoms with van der Waals surface area (Å²) in [6.07, 6.45) is 0. The highest BCUT2D eigenvalue weighted by molar-refractivity contribution is 5.61. The third-order valence-electron chi connectivity index (χ3n) is 2.55. The van der Waals surface area contributed by atoms with Crippen molar-refractivity contribution >= 4 is 17.1 Å². The second-order valence-corrected chi connectivity index (χ2v) is 4.25. The predicted octanol–water partition coefficient (Wildman–Crippen LogP) is 2.63. The minimum atomic E-state index is -0.443. The molecule has 88 valence electrons. The van der Waals surface area contributed by atoms with E-state index in [0.717, 1.165) is 0 Å². The number of nitro groups is 1. The van der Waals surface area contributed by atoms with Gasteiger partial charge in [-0.25, -0.2) is 0 Å². The highest BCUT2D eigenvalue weighted by atomic mass is 16.6. The van der Waals surface area contributed by atoms with Gasteiger partial charge in [-0.05, 0) is 18.9 Å². The van der Waals surface area contributed by atoms with Gasteiger partial charge >= 0.3 is 0 Å². The maximum absolute atomic E-state index is 10.6. The number of nitro benzene ring substituents is 1. The highest BCUT2D eigenvalue weighted by Crippen LogP contribution is 2.23. The summed E-state index contributed by atoms with van der Waals surface area (Å²) in [6, 6.07) is 4.79. The molecular weight excluding hydrogens is 206 g/mol. The normalized spacial score (nSPS) is 12.5. The van der Waals surface area contributed by atoms with Gasteiger partial charge in [0.25, 0.3) is 5.69 Å². The van der Waals surface area contributed by atoms with Gasteiger partial charge in [0.1, 0.15) is 0 Å². The molecule has 0 saturated carbocycles. The summed E-state index contributed by atoms with van der Waals surface area (Å²) in [5.41, 5.74) is 6.70. The van der Waals surface area contributed by atoms with E-state index in [1.807, 2.05) is 6.92 Å². The van der Waals surface area contributed by atoms with Gasteiger partial charge in [-0.1, -0.05) is 13.8 Å². The van der Waals surface area contributed by atoms with Gasteiger partial charge in [0.15, 0.2) is 0 Å². The second-order valence-electron chi connectivity index (χ2n) is 4.25. The van der Waals surface area contributed by atoms with E-state index in [-0.39, 0.29) is 11.7 Å². The molecule has 0 heterocycles. The van der Waals surface area contributed by atoms with Crippen molar-refractivity contribution < 1.29 is 4.92 Å². The molecule has 0 aliphatic heterocycles. The van der Waals surface area contributed by atoms with Gasteiger partial charge in [-0.2, -0.15) is 0 Å². The third kappa shape index (κ3) is 3.12. The fraction of sp³-hybridized carbons (Fsp3) is 0.455. The van der Waals surface area contributed by atoms with E-state index in [1.165, 1.54) is 12.1 Å². The van der Waals surface area contributed by atoms with Crippen LogP contribution in [-0.2, 0) is 0 Å². The van der Waals surface area contributed by atoms with Crippen LogP contribution in [0.3, 0.4) is 0 Å². The summed E-state index contributed by atoms with van der Waals surface area (Å²) in [5.74, 6) is 0.445. The predicted molar refractivity (Wildman–Crippen MR) is 65.4 cm³/mol. The monoisotopic (exact) mass is 223 g/mol. The molecule has 0 amide bonds. The molecule has 16 heavy (non-hydrogen) atoms. The largest absolute Gasteiger partial charge is 0.398 e. The van der Waals surface area contributed by atoms with Crippen molar-refractivity contribution in [3.05, 3.63) is 28.3 Å². The molecule has 1 aromatic carbocycles. The van der Waals surface area contributed by atoms with E-state index in [0.29, 0.717) is 17.3 Å². The molecule has 1 atom stereocenters. The van der Waals surface area contributed by atoms with Gasteiger partial charge in [0, 0.05) is 29.5 Å². The second kappa shape index (κ2) is 4.83. The molecule has 0 fully saturated rings. The van der Waals surface area contributed by atoms with Crippen molar-refractivity contribution in [1.29, 1.82) is 0 Å². The Morgan fingerprint density at radius 2 is 1.94 bits per heavy atom. The molecular formula is C11H17N3O2. The number of nitrogen functional groups attached to an aromatic ring is 1. The third-order valence-corrected chi connectivity index (χ3v) is 2.55. The van der Waals surface area contributed by atoms with Gasteiger partial charge in [-0.15, -0.1) is 0 Å². The van der Waals surface area contributed by atoms with Crippen LogP contribution in [0.2, 0.25) is 0 Å². The lowest BCUT2D eigenvalue weighted by Gasteiger charge is -2.18. The molecule has 0 aliphatic carbocycles. The Kier molecular flexibility index (Phi) is 3.71. The van der Waals surface area contributed by atoms with E-state index >= 15 is 0 Å². The molecule has 0 saturated heterocycles. The van der Waals surface area contributed by atoms with Crippen molar-refractivity contribution in [1.82, 2.24) is 0 Å². The lowest BCUT2D eigenvalue weighted by Crippen LogP contribution is -2.21. The van der Waals surface area contributed by atoms with Crippen LogP contribution < -0.4 is 11.1 Å². The number of hydrogen-bond donors (Lipinski definition) is 2. The van der Waals surface area contributed by atoms with Gasteiger partial charge in [0.2, 0.25) is 0 Å². The summed E-state index contributed by atoms with van der Waals surface area (Å²) >= 11 is 0. The van der Waals surface area contributed by atoms with Gasteiger partial charge in [-0.3, -0.25) is 10.1 Å². The number of benzene rings is 1. The van der Waals surface area contributed by atoms with Crippen molar-refractivity contribution in [2.45, 2.75) is 26.8 Å². The summed E-state index contributed by atoms with van der Waals surface area (Å²) in [4.78, 5) is 10.2. The van der Waals surface area contributed by atoms with Crippen LogP contribution in [0.1, 0.15) is 20.8 Å². The van der Waals surface area contributed by atoms with E-state index < -0.39 is 4.92 Å². The minimum absolute atomic E-state index is 0.0125. The Balaban J connectivity index is 2.92. The first kappa shape index (κ1) is 12.3. The molecule has 3 N–H and O–H groups in total. The zero-order valence-electron chi connectivity index (χ0n) is 9.73. The molecule has 0 spiro atoms. The maximum atomic E-state index is 10.6. The number of nitrogens with one attached hydrogen (secondary N) is 1. The zero-order chi connectivity index (χ0) is 12.3. The lowest BCUT2D eigenvalue weighted by molar-refractivity contribution is -0.384. The summed E-state index contributed by atoms with van der Waals surface area (Å²) < 4.78 is 0. The average Bonchev–Trinajstić information content (AvgIpc) is 2.16. The SMILES string of the molecule is CC(C)C(C)Nc1cc(N)cc([N+](=O)[O-])c1. The lowest BCUT2D eigenvalue weighted by atomic mass is 10.1. The summed E-state index contributed by atoms with van der Waals surface area (Å²) in [7, 11) is 0. The zero-order valence-corrected chi connectivity index (χ0v) is 9.73. The Hall–Kier alpha value is -1.78. The Morgan fingerprint density at radius 1 is 1.31 bits per heavy atom. The van der Waals surface area contributed by atoms with Crippen molar-refractivity contribution in [2.75, 3.05) is 11.1 Å². The fourth-order valence-corrected chi connectivity index (χ4v) is 1.25. The number of hydrogen-bond acceptors (Lipinski definition) is 4. The number of nitrogens with zero attached hydrogens (tertiary/aromatic N) is 1. The standard InChI is InChI=1S/C11H17N3O2/c1-7(2)8(3)13-10-4-9(12)5-11(6-10)14(15)16/h4-8,13H,12H2,1-3H3. The fourth-order valence-electron chi connectivity index (χ4n) is 1.25. The molecule has 5 heteroatoms. The number of nitrogens with two attached hydrogens (primary N) is 1. The minimum Gasteiger partial charge on any atom is -0.398 e. The van der Waals surface area contributed by atoms with E-state index in [2.05, 4.69) is 19.2 Å². The summed E-state index contributed by atoms with van der Waals surface area (Å²) in [6.45, 7) is 6.19. The van der Waals surface area contributed by atoms with Crippen LogP contribution in [-0.4, -0.2) is 11.0 Å². The van der Waals surface area contributed by atoms with Crippen LogP contribution in [0.15, 0.2) is 18.2 Å². The molecule has 0 bridgehead atoms.